The minimum atomic E-state index is -1.87. The Balaban J connectivity index is 1.78. The summed E-state index contributed by atoms with van der Waals surface area (Å²) in [5, 5.41) is 4.23. The molecule has 0 saturated carbocycles. The molecule has 2 heteroatoms. The summed E-state index contributed by atoms with van der Waals surface area (Å²) in [7, 11) is -0.126. The van der Waals surface area contributed by atoms with Gasteiger partial charge in [-0.25, -0.2) is 0 Å². The summed E-state index contributed by atoms with van der Waals surface area (Å²) in [5.41, 5.74) is 6.26. The summed E-state index contributed by atoms with van der Waals surface area (Å²) >= 11 is 0. The molecule has 0 aliphatic rings. The van der Waals surface area contributed by atoms with Gasteiger partial charge in [0.25, 0.3) is 0 Å². The highest BCUT2D eigenvalue weighted by atomic mass is 31.2. The molecule has 0 bridgehead atoms. The first-order valence-electron chi connectivity index (χ1n) is 12.5. The average molecular weight is 492 g/mol. The van der Waals surface area contributed by atoms with E-state index in [2.05, 4.69) is 143 Å². The van der Waals surface area contributed by atoms with Crippen molar-refractivity contribution < 1.29 is 4.74 Å². The van der Waals surface area contributed by atoms with Crippen molar-refractivity contribution in [3.05, 3.63) is 137 Å². The van der Waals surface area contributed by atoms with E-state index in [-0.39, 0.29) is 0 Å². The van der Waals surface area contributed by atoms with Crippen molar-refractivity contribution in [2.75, 3.05) is 13.3 Å². The zero-order chi connectivity index (χ0) is 25.5. The lowest BCUT2D eigenvalue weighted by Crippen LogP contribution is -2.33. The molecule has 1 nitrogen and oxygen atoms in total. The number of aryl methyl sites for hydroxylation is 1. The van der Waals surface area contributed by atoms with Gasteiger partial charge in [-0.15, -0.1) is 0 Å². The first kappa shape index (κ1) is 25.7. The van der Waals surface area contributed by atoms with Gasteiger partial charge in [-0.2, -0.15) is 0 Å². The zero-order valence-corrected chi connectivity index (χ0v) is 22.9. The van der Waals surface area contributed by atoms with E-state index in [1.165, 1.54) is 43.7 Å². The quantitative estimate of drug-likeness (QED) is 0.182. The molecule has 0 amide bonds. The van der Waals surface area contributed by atoms with Crippen LogP contribution in [0, 0.1) is 20.8 Å². The molecule has 4 aromatic carbocycles. The SMILES string of the molecule is COc1cc(C)c(/C=C/C(C)=C/C[P+](c2ccccc2)(c2ccccc2)c2ccccc2)c(C)c1C. The Bertz CT molecular complexity index is 1260. The molecule has 36 heavy (non-hydrogen) atoms. The monoisotopic (exact) mass is 491 g/mol. The minimum Gasteiger partial charge on any atom is -0.496 e. The summed E-state index contributed by atoms with van der Waals surface area (Å²) in [4.78, 5) is 0. The first-order chi connectivity index (χ1) is 17.5. The van der Waals surface area contributed by atoms with Gasteiger partial charge in [-0.1, -0.05) is 72.3 Å². The zero-order valence-electron chi connectivity index (χ0n) is 22.0. The molecule has 182 valence electrons. The summed E-state index contributed by atoms with van der Waals surface area (Å²) in [6.07, 6.45) is 7.92. The molecular weight excluding hydrogens is 455 g/mol. The van der Waals surface area contributed by atoms with Gasteiger partial charge in [0.2, 0.25) is 0 Å². The molecule has 0 radical (unpaired) electrons. The number of rotatable bonds is 8. The van der Waals surface area contributed by atoms with Crippen molar-refractivity contribution in [2.45, 2.75) is 27.7 Å². The van der Waals surface area contributed by atoms with E-state index in [0.717, 1.165) is 11.9 Å². The first-order valence-corrected chi connectivity index (χ1v) is 14.5. The summed E-state index contributed by atoms with van der Waals surface area (Å²) in [6.45, 7) is 8.68. The third-order valence-corrected chi connectivity index (χ3v) is 11.4. The number of benzene rings is 4. The molecule has 4 aromatic rings. The molecule has 0 heterocycles. The van der Waals surface area contributed by atoms with Crippen LogP contribution in [0.2, 0.25) is 0 Å². The smallest absolute Gasteiger partial charge is 0.122 e. The Labute approximate surface area is 217 Å². The van der Waals surface area contributed by atoms with Gasteiger partial charge in [-0.05, 0) is 98.5 Å². The maximum atomic E-state index is 5.56. The number of hydrogen-bond acceptors (Lipinski definition) is 1. The fourth-order valence-corrected chi connectivity index (χ4v) is 9.04. The minimum absolute atomic E-state index is 0.956. The summed E-state index contributed by atoms with van der Waals surface area (Å²) in [5.74, 6) is 0.956. The van der Waals surface area contributed by atoms with Gasteiger partial charge < -0.3 is 4.74 Å². The fourth-order valence-electron chi connectivity index (χ4n) is 4.91. The Hall–Kier alpha value is -3.41. The van der Waals surface area contributed by atoms with E-state index in [4.69, 9.17) is 4.74 Å². The van der Waals surface area contributed by atoms with E-state index in [9.17, 15) is 0 Å². The van der Waals surface area contributed by atoms with Crippen LogP contribution >= 0.6 is 7.26 Å². The number of ether oxygens (including phenoxy) is 1. The highest BCUT2D eigenvalue weighted by Crippen LogP contribution is 2.55. The molecule has 0 spiro atoms. The van der Waals surface area contributed by atoms with Crippen LogP contribution in [-0.4, -0.2) is 13.3 Å². The van der Waals surface area contributed by atoms with Crippen molar-refractivity contribution in [3.63, 3.8) is 0 Å². The standard InChI is InChI=1S/C34H36OP/c1-26(21-22-33-27(2)25-34(35-5)29(4)28(33)3)23-24-36(30-15-9-6-10-16-30,31-17-11-7-12-18-31)32-19-13-8-14-20-32/h6-23,25H,24H2,1-5H3/q+1/b22-21+,26-23+. The second-order valence-corrected chi connectivity index (χ2v) is 12.9. The van der Waals surface area contributed by atoms with Gasteiger partial charge in [-0.3, -0.25) is 0 Å². The number of allylic oxidation sites excluding steroid dienone is 3. The molecule has 0 saturated heterocycles. The predicted molar refractivity (Wildman–Crippen MR) is 160 cm³/mol. The lowest BCUT2D eigenvalue weighted by atomic mass is 9.96. The largest absolute Gasteiger partial charge is 0.496 e. The molecule has 0 fully saturated rings. The van der Waals surface area contributed by atoms with Crippen LogP contribution < -0.4 is 20.7 Å². The predicted octanol–water partition coefficient (Wildman–Crippen LogP) is 7.57. The van der Waals surface area contributed by atoms with E-state index >= 15 is 0 Å². The van der Waals surface area contributed by atoms with Gasteiger partial charge in [0.1, 0.15) is 28.9 Å². The van der Waals surface area contributed by atoms with E-state index in [0.29, 0.717) is 0 Å². The van der Waals surface area contributed by atoms with Crippen LogP contribution in [0.25, 0.3) is 6.08 Å². The molecule has 0 aliphatic heterocycles. The van der Waals surface area contributed by atoms with Crippen molar-refractivity contribution >= 4 is 29.3 Å². The molecular formula is C34H36OP+. The van der Waals surface area contributed by atoms with Crippen molar-refractivity contribution in [2.24, 2.45) is 0 Å². The molecule has 0 aromatic heterocycles. The Morgan fingerprint density at radius 3 is 1.64 bits per heavy atom. The second kappa shape index (κ2) is 11.5. The van der Waals surface area contributed by atoms with E-state index in [1.54, 1.807) is 7.11 Å². The van der Waals surface area contributed by atoms with Crippen LogP contribution in [0.15, 0.2) is 115 Å². The van der Waals surface area contributed by atoms with Crippen molar-refractivity contribution in [1.82, 2.24) is 0 Å². The van der Waals surface area contributed by atoms with Gasteiger partial charge in [0.15, 0.2) is 0 Å². The third kappa shape index (κ3) is 5.23. The van der Waals surface area contributed by atoms with Gasteiger partial charge in [0, 0.05) is 0 Å². The van der Waals surface area contributed by atoms with E-state index in [1.807, 2.05) is 0 Å². The van der Waals surface area contributed by atoms with Crippen LogP contribution in [0.5, 0.6) is 5.75 Å². The van der Waals surface area contributed by atoms with Gasteiger partial charge in [0.05, 0.1) is 13.3 Å². The van der Waals surface area contributed by atoms with E-state index < -0.39 is 7.26 Å². The molecule has 0 unspecified atom stereocenters. The lowest BCUT2D eigenvalue weighted by Gasteiger charge is -2.26. The third-order valence-electron chi connectivity index (χ3n) is 7.12. The Morgan fingerprint density at radius 2 is 1.19 bits per heavy atom. The highest BCUT2D eigenvalue weighted by Gasteiger charge is 2.44. The van der Waals surface area contributed by atoms with Crippen LogP contribution in [0.3, 0.4) is 0 Å². The fraction of sp³-hybridized carbons (Fsp3) is 0.176. The highest BCUT2D eigenvalue weighted by molar-refractivity contribution is 7.95. The van der Waals surface area contributed by atoms with Crippen LogP contribution in [0.1, 0.15) is 29.2 Å². The number of hydrogen-bond donors (Lipinski definition) is 0. The van der Waals surface area contributed by atoms with Crippen molar-refractivity contribution in [1.29, 1.82) is 0 Å². The summed E-state index contributed by atoms with van der Waals surface area (Å²) < 4.78 is 5.56. The normalized spacial score (nSPS) is 12.2. The van der Waals surface area contributed by atoms with Crippen molar-refractivity contribution in [3.8, 4) is 5.75 Å². The number of methoxy groups -OCH3 is 1. The average Bonchev–Trinajstić information content (AvgIpc) is 2.93. The Kier molecular flexibility index (Phi) is 8.24. The van der Waals surface area contributed by atoms with Crippen LogP contribution in [-0.2, 0) is 0 Å². The maximum Gasteiger partial charge on any atom is 0.122 e. The topological polar surface area (TPSA) is 9.23 Å². The molecule has 0 aliphatic carbocycles. The molecule has 0 N–H and O–H groups in total. The van der Waals surface area contributed by atoms with Crippen LogP contribution in [0.4, 0.5) is 0 Å². The summed E-state index contributed by atoms with van der Waals surface area (Å²) in [6, 6.07) is 35.3. The molecule has 0 atom stereocenters. The molecule has 4 rings (SSSR count). The maximum absolute atomic E-state index is 5.56. The lowest BCUT2D eigenvalue weighted by molar-refractivity contribution is 0.411. The second-order valence-electron chi connectivity index (χ2n) is 9.34. The Morgan fingerprint density at radius 1 is 0.722 bits per heavy atom. The van der Waals surface area contributed by atoms with Gasteiger partial charge >= 0.3 is 0 Å².